The molecule has 3 N–H and O–H groups in total. The number of aromatic nitrogens is 4. The van der Waals surface area contributed by atoms with E-state index in [1.807, 2.05) is 22.4 Å². The molecule has 0 saturated heterocycles. The van der Waals surface area contributed by atoms with Gasteiger partial charge in [-0.05, 0) is 6.92 Å². The number of nitrogens with two attached hydrogens (primary N) is 1. The lowest BCUT2D eigenvalue weighted by molar-refractivity contribution is 0.265. The third-order valence-corrected chi connectivity index (χ3v) is 2.47. The van der Waals surface area contributed by atoms with E-state index in [9.17, 15) is 0 Å². The van der Waals surface area contributed by atoms with Crippen molar-refractivity contribution in [1.29, 1.82) is 0 Å². The van der Waals surface area contributed by atoms with Crippen LogP contribution in [0, 0.1) is 0 Å². The summed E-state index contributed by atoms with van der Waals surface area (Å²) in [5.74, 6) is 0. The summed E-state index contributed by atoms with van der Waals surface area (Å²) in [5, 5.41) is 13.2. The molecule has 0 aromatic carbocycles. The van der Waals surface area contributed by atoms with Gasteiger partial charge in [0.15, 0.2) is 0 Å². The largest absolute Gasteiger partial charge is 0.394 e. The average molecular weight is 221 g/mol. The van der Waals surface area contributed by atoms with E-state index in [1.54, 1.807) is 18.7 Å². The molecule has 0 radical (unpaired) electrons. The minimum atomic E-state index is -0.424. The van der Waals surface area contributed by atoms with Crippen molar-refractivity contribution in [2.45, 2.75) is 19.5 Å². The van der Waals surface area contributed by atoms with Gasteiger partial charge in [-0.1, -0.05) is 0 Å². The van der Waals surface area contributed by atoms with Crippen LogP contribution in [0.5, 0.6) is 0 Å². The number of aliphatic hydroxyl groups excluding tert-OH is 1. The second-order valence-corrected chi connectivity index (χ2v) is 3.53. The van der Waals surface area contributed by atoms with E-state index in [1.165, 1.54) is 0 Å². The molecule has 1 unspecified atom stereocenters. The smallest absolute Gasteiger partial charge is 0.0995 e. The van der Waals surface area contributed by atoms with Crippen molar-refractivity contribution in [3.8, 4) is 5.69 Å². The van der Waals surface area contributed by atoms with Crippen molar-refractivity contribution >= 4 is 0 Å². The molecule has 2 rings (SSSR count). The van der Waals surface area contributed by atoms with Crippen LogP contribution < -0.4 is 5.73 Å². The third kappa shape index (κ3) is 1.84. The van der Waals surface area contributed by atoms with Gasteiger partial charge in [0, 0.05) is 12.7 Å². The number of aliphatic hydroxyl groups is 1. The topological polar surface area (TPSA) is 81.9 Å². The van der Waals surface area contributed by atoms with Crippen molar-refractivity contribution in [2.24, 2.45) is 5.73 Å². The first-order valence-electron chi connectivity index (χ1n) is 5.17. The Hall–Kier alpha value is -1.66. The standard InChI is InChI=1S/C10H15N5O/c1-2-14-5-8(3-13-14)15-7-12-4-10(15)9(11)6-16/h3-5,7,9,16H,2,6,11H2,1H3. The predicted octanol–water partition coefficient (Wildman–Crippen LogP) is 0.0808. The Balaban J connectivity index is 2.36. The fourth-order valence-electron chi connectivity index (χ4n) is 1.54. The van der Waals surface area contributed by atoms with E-state index in [4.69, 9.17) is 10.8 Å². The Bertz CT molecular complexity index is 461. The molecule has 0 spiro atoms. The molecule has 86 valence electrons. The zero-order valence-electron chi connectivity index (χ0n) is 9.11. The molecule has 0 amide bonds. The monoisotopic (exact) mass is 221 g/mol. The van der Waals surface area contributed by atoms with Crippen LogP contribution in [-0.2, 0) is 6.54 Å². The quantitative estimate of drug-likeness (QED) is 0.766. The van der Waals surface area contributed by atoms with Crippen LogP contribution in [-0.4, -0.2) is 31.0 Å². The van der Waals surface area contributed by atoms with Crippen LogP contribution in [0.4, 0.5) is 0 Å². The summed E-state index contributed by atoms with van der Waals surface area (Å²) in [7, 11) is 0. The van der Waals surface area contributed by atoms with Gasteiger partial charge < -0.3 is 10.8 Å². The number of hydrogen-bond donors (Lipinski definition) is 2. The van der Waals surface area contributed by atoms with Gasteiger partial charge in [-0.15, -0.1) is 0 Å². The van der Waals surface area contributed by atoms with Crippen LogP contribution >= 0.6 is 0 Å². The lowest BCUT2D eigenvalue weighted by atomic mass is 10.2. The lowest BCUT2D eigenvalue weighted by Crippen LogP contribution is -2.17. The first-order chi connectivity index (χ1) is 7.76. The third-order valence-electron chi connectivity index (χ3n) is 2.47. The van der Waals surface area contributed by atoms with Gasteiger partial charge in [0.2, 0.25) is 0 Å². The lowest BCUT2D eigenvalue weighted by Gasteiger charge is -2.10. The highest BCUT2D eigenvalue weighted by molar-refractivity contribution is 5.29. The summed E-state index contributed by atoms with van der Waals surface area (Å²) in [4.78, 5) is 4.04. The van der Waals surface area contributed by atoms with Crippen molar-refractivity contribution in [1.82, 2.24) is 19.3 Å². The van der Waals surface area contributed by atoms with E-state index in [-0.39, 0.29) is 6.61 Å². The average Bonchev–Trinajstić information content (AvgIpc) is 2.95. The fraction of sp³-hybridized carbons (Fsp3) is 0.400. The molecule has 0 bridgehead atoms. The molecule has 2 heterocycles. The van der Waals surface area contributed by atoms with Gasteiger partial charge in [-0.25, -0.2) is 4.98 Å². The van der Waals surface area contributed by atoms with Crippen molar-refractivity contribution < 1.29 is 5.11 Å². The first kappa shape index (κ1) is 10.8. The molecule has 1 atom stereocenters. The van der Waals surface area contributed by atoms with Gasteiger partial charge in [0.25, 0.3) is 0 Å². The van der Waals surface area contributed by atoms with E-state index < -0.39 is 6.04 Å². The van der Waals surface area contributed by atoms with Crippen LogP contribution in [0.25, 0.3) is 5.69 Å². The SMILES string of the molecule is CCn1cc(-n2cncc2C(N)CO)cn1. The molecule has 2 aromatic heterocycles. The minimum absolute atomic E-state index is 0.104. The Morgan fingerprint density at radius 3 is 2.94 bits per heavy atom. The van der Waals surface area contributed by atoms with E-state index in [0.717, 1.165) is 17.9 Å². The van der Waals surface area contributed by atoms with Crippen LogP contribution in [0.15, 0.2) is 24.9 Å². The number of aryl methyl sites for hydroxylation is 1. The highest BCUT2D eigenvalue weighted by atomic mass is 16.3. The molecule has 0 aliphatic heterocycles. The summed E-state index contributed by atoms with van der Waals surface area (Å²) in [6, 6.07) is -0.424. The maximum absolute atomic E-state index is 9.04. The van der Waals surface area contributed by atoms with Gasteiger partial charge in [-0.3, -0.25) is 9.25 Å². The highest BCUT2D eigenvalue weighted by Gasteiger charge is 2.12. The van der Waals surface area contributed by atoms with Gasteiger partial charge in [0.05, 0.1) is 42.8 Å². The van der Waals surface area contributed by atoms with Crippen LogP contribution in [0.3, 0.4) is 0 Å². The Morgan fingerprint density at radius 2 is 2.31 bits per heavy atom. The first-order valence-corrected chi connectivity index (χ1v) is 5.17. The molecule has 6 nitrogen and oxygen atoms in total. The zero-order chi connectivity index (χ0) is 11.5. The van der Waals surface area contributed by atoms with Crippen molar-refractivity contribution in [3.05, 3.63) is 30.6 Å². The van der Waals surface area contributed by atoms with E-state index >= 15 is 0 Å². The van der Waals surface area contributed by atoms with Crippen molar-refractivity contribution in [2.75, 3.05) is 6.61 Å². The Labute approximate surface area is 93.3 Å². The predicted molar refractivity (Wildman–Crippen MR) is 59.0 cm³/mol. The molecule has 0 aliphatic carbocycles. The van der Waals surface area contributed by atoms with Gasteiger partial charge >= 0.3 is 0 Å². The minimum Gasteiger partial charge on any atom is -0.394 e. The van der Waals surface area contributed by atoms with Crippen LogP contribution in [0.2, 0.25) is 0 Å². The van der Waals surface area contributed by atoms with Gasteiger partial charge in [0.1, 0.15) is 0 Å². The zero-order valence-corrected chi connectivity index (χ0v) is 9.11. The van der Waals surface area contributed by atoms with Gasteiger partial charge in [-0.2, -0.15) is 5.10 Å². The number of nitrogens with zero attached hydrogens (tertiary/aromatic N) is 4. The Morgan fingerprint density at radius 1 is 1.50 bits per heavy atom. The van der Waals surface area contributed by atoms with Crippen LogP contribution in [0.1, 0.15) is 18.7 Å². The van der Waals surface area contributed by atoms with E-state index in [0.29, 0.717) is 0 Å². The molecule has 0 saturated carbocycles. The maximum atomic E-state index is 9.04. The summed E-state index contributed by atoms with van der Waals surface area (Å²) in [6.45, 7) is 2.73. The van der Waals surface area contributed by atoms with E-state index in [2.05, 4.69) is 10.1 Å². The molecule has 16 heavy (non-hydrogen) atoms. The molecular weight excluding hydrogens is 206 g/mol. The second-order valence-electron chi connectivity index (χ2n) is 3.53. The molecular formula is C10H15N5O. The fourth-order valence-corrected chi connectivity index (χ4v) is 1.54. The molecule has 6 heteroatoms. The summed E-state index contributed by atoms with van der Waals surface area (Å²) in [6.07, 6.45) is 6.99. The summed E-state index contributed by atoms with van der Waals surface area (Å²) < 4.78 is 3.66. The molecule has 0 aliphatic rings. The van der Waals surface area contributed by atoms with Crippen molar-refractivity contribution in [3.63, 3.8) is 0 Å². The number of imidazole rings is 1. The molecule has 0 fully saturated rings. The highest BCUT2D eigenvalue weighted by Crippen LogP contribution is 2.15. The summed E-state index contributed by atoms with van der Waals surface area (Å²) in [5.41, 5.74) is 7.46. The Kier molecular flexibility index (Phi) is 3.02. The number of rotatable bonds is 4. The molecule has 2 aromatic rings. The summed E-state index contributed by atoms with van der Waals surface area (Å²) >= 11 is 0. The maximum Gasteiger partial charge on any atom is 0.0995 e. The second kappa shape index (κ2) is 4.46. The number of hydrogen-bond acceptors (Lipinski definition) is 4. The normalized spacial score (nSPS) is 12.9.